The molecule has 2 aromatic rings. The SMILES string of the molecule is O=CN[C@H](CSc1ccc(Cl)cc1)c1ccccc1. The molecule has 2 rings (SSSR count). The first-order valence-electron chi connectivity index (χ1n) is 5.92. The average molecular weight is 292 g/mol. The number of amides is 1. The van der Waals surface area contributed by atoms with Gasteiger partial charge in [-0.15, -0.1) is 11.8 Å². The number of nitrogens with one attached hydrogen (secondary N) is 1. The second-order valence-electron chi connectivity index (χ2n) is 4.01. The fourth-order valence-corrected chi connectivity index (χ4v) is 2.82. The largest absolute Gasteiger partial charge is 0.351 e. The van der Waals surface area contributed by atoms with E-state index in [0.29, 0.717) is 0 Å². The minimum Gasteiger partial charge on any atom is -0.351 e. The lowest BCUT2D eigenvalue weighted by molar-refractivity contribution is -0.110. The number of benzene rings is 2. The molecule has 0 aliphatic carbocycles. The topological polar surface area (TPSA) is 29.1 Å². The second-order valence-corrected chi connectivity index (χ2v) is 5.54. The molecule has 98 valence electrons. The third-order valence-electron chi connectivity index (χ3n) is 2.70. The van der Waals surface area contributed by atoms with E-state index < -0.39 is 0 Å². The van der Waals surface area contributed by atoms with E-state index in [9.17, 15) is 4.79 Å². The number of halogens is 1. The van der Waals surface area contributed by atoms with Crippen molar-refractivity contribution >= 4 is 29.8 Å². The van der Waals surface area contributed by atoms with Crippen LogP contribution in [0.25, 0.3) is 0 Å². The van der Waals surface area contributed by atoms with Crippen LogP contribution in [0.5, 0.6) is 0 Å². The van der Waals surface area contributed by atoms with Gasteiger partial charge in [0.1, 0.15) is 0 Å². The molecule has 0 aliphatic heterocycles. The summed E-state index contributed by atoms with van der Waals surface area (Å²) in [5.41, 5.74) is 1.11. The molecule has 0 bridgehead atoms. The van der Waals surface area contributed by atoms with Gasteiger partial charge in [0.25, 0.3) is 0 Å². The van der Waals surface area contributed by atoms with Crippen molar-refractivity contribution in [3.63, 3.8) is 0 Å². The number of carbonyl (C=O) groups is 1. The van der Waals surface area contributed by atoms with Gasteiger partial charge in [-0.2, -0.15) is 0 Å². The van der Waals surface area contributed by atoms with Crippen molar-refractivity contribution in [3.8, 4) is 0 Å². The summed E-state index contributed by atoms with van der Waals surface area (Å²) >= 11 is 7.54. The van der Waals surface area contributed by atoms with E-state index in [4.69, 9.17) is 11.6 Å². The van der Waals surface area contributed by atoms with Crippen molar-refractivity contribution < 1.29 is 4.79 Å². The Morgan fingerprint density at radius 3 is 2.42 bits per heavy atom. The number of hydrogen-bond donors (Lipinski definition) is 1. The highest BCUT2D eigenvalue weighted by molar-refractivity contribution is 7.99. The molecule has 0 aliphatic rings. The first-order valence-corrected chi connectivity index (χ1v) is 7.29. The van der Waals surface area contributed by atoms with Crippen molar-refractivity contribution in [2.24, 2.45) is 0 Å². The summed E-state index contributed by atoms with van der Waals surface area (Å²) in [6.07, 6.45) is 0.750. The van der Waals surface area contributed by atoms with Gasteiger partial charge >= 0.3 is 0 Å². The lowest BCUT2D eigenvalue weighted by atomic mass is 10.1. The summed E-state index contributed by atoms with van der Waals surface area (Å²) in [6, 6.07) is 17.7. The van der Waals surface area contributed by atoms with Gasteiger partial charge in [-0.1, -0.05) is 41.9 Å². The highest BCUT2D eigenvalue weighted by Gasteiger charge is 2.10. The van der Waals surface area contributed by atoms with Gasteiger partial charge < -0.3 is 5.32 Å². The van der Waals surface area contributed by atoms with E-state index in [1.54, 1.807) is 11.8 Å². The standard InChI is InChI=1S/C15H14ClNOS/c16-13-6-8-14(9-7-13)19-10-15(17-11-18)12-4-2-1-3-5-12/h1-9,11,15H,10H2,(H,17,18)/t15-/m1/s1. The van der Waals surface area contributed by atoms with Crippen LogP contribution in [0, 0.1) is 0 Å². The van der Waals surface area contributed by atoms with Gasteiger partial charge in [0, 0.05) is 15.7 Å². The zero-order valence-corrected chi connectivity index (χ0v) is 11.8. The molecular formula is C15H14ClNOS. The van der Waals surface area contributed by atoms with Crippen LogP contribution in [-0.4, -0.2) is 12.2 Å². The van der Waals surface area contributed by atoms with Crippen LogP contribution in [0.1, 0.15) is 11.6 Å². The summed E-state index contributed by atoms with van der Waals surface area (Å²) < 4.78 is 0. The molecule has 0 radical (unpaired) electrons. The van der Waals surface area contributed by atoms with Crippen LogP contribution in [0.3, 0.4) is 0 Å². The molecule has 0 saturated heterocycles. The first kappa shape index (κ1) is 14.0. The van der Waals surface area contributed by atoms with Crippen molar-refractivity contribution in [2.45, 2.75) is 10.9 Å². The highest BCUT2D eigenvalue weighted by atomic mass is 35.5. The van der Waals surface area contributed by atoms with Crippen molar-refractivity contribution in [2.75, 3.05) is 5.75 Å². The molecule has 0 spiro atoms. The Bertz CT molecular complexity index is 515. The molecular weight excluding hydrogens is 278 g/mol. The van der Waals surface area contributed by atoms with Crippen molar-refractivity contribution in [1.82, 2.24) is 5.32 Å². The fraction of sp³-hybridized carbons (Fsp3) is 0.133. The predicted octanol–water partition coefficient (Wildman–Crippen LogP) is 3.92. The Balaban J connectivity index is 2.01. The average Bonchev–Trinajstić information content (AvgIpc) is 2.46. The Hall–Kier alpha value is -1.45. The van der Waals surface area contributed by atoms with Crippen LogP contribution in [-0.2, 0) is 4.79 Å². The van der Waals surface area contributed by atoms with Gasteiger partial charge in [0.15, 0.2) is 0 Å². The van der Waals surface area contributed by atoms with E-state index in [2.05, 4.69) is 5.32 Å². The Morgan fingerprint density at radius 1 is 1.11 bits per heavy atom. The van der Waals surface area contributed by atoms with Crippen LogP contribution < -0.4 is 5.32 Å². The van der Waals surface area contributed by atoms with Crippen LogP contribution in [0.2, 0.25) is 5.02 Å². The summed E-state index contributed by atoms with van der Waals surface area (Å²) in [7, 11) is 0. The third kappa shape index (κ3) is 4.30. The molecule has 0 heterocycles. The molecule has 1 amide bonds. The van der Waals surface area contributed by atoms with Crippen molar-refractivity contribution in [1.29, 1.82) is 0 Å². The lowest BCUT2D eigenvalue weighted by Gasteiger charge is -2.16. The highest BCUT2D eigenvalue weighted by Crippen LogP contribution is 2.25. The Kier molecular flexibility index (Phi) is 5.31. The minimum atomic E-state index is 0.0133. The lowest BCUT2D eigenvalue weighted by Crippen LogP contribution is -2.21. The molecule has 1 atom stereocenters. The third-order valence-corrected chi connectivity index (χ3v) is 4.06. The monoisotopic (exact) mass is 291 g/mol. The molecule has 19 heavy (non-hydrogen) atoms. The molecule has 2 aromatic carbocycles. The van der Waals surface area contributed by atoms with Gasteiger partial charge in [-0.05, 0) is 29.8 Å². The van der Waals surface area contributed by atoms with Crippen LogP contribution in [0.4, 0.5) is 0 Å². The van der Waals surface area contributed by atoms with E-state index in [1.165, 1.54) is 0 Å². The van der Waals surface area contributed by atoms with E-state index >= 15 is 0 Å². The maximum atomic E-state index is 10.7. The van der Waals surface area contributed by atoms with Gasteiger partial charge in [0.05, 0.1) is 6.04 Å². The zero-order valence-electron chi connectivity index (χ0n) is 10.3. The van der Waals surface area contributed by atoms with E-state index in [1.807, 2.05) is 54.6 Å². The van der Waals surface area contributed by atoms with Crippen LogP contribution >= 0.6 is 23.4 Å². The molecule has 0 unspecified atom stereocenters. The van der Waals surface area contributed by atoms with Gasteiger partial charge in [0.2, 0.25) is 6.41 Å². The van der Waals surface area contributed by atoms with Gasteiger partial charge in [-0.3, -0.25) is 4.79 Å². The maximum absolute atomic E-state index is 10.7. The number of thioether (sulfide) groups is 1. The van der Waals surface area contributed by atoms with Crippen LogP contribution in [0.15, 0.2) is 59.5 Å². The number of carbonyl (C=O) groups excluding carboxylic acids is 1. The molecule has 0 fully saturated rings. The Labute approximate surface area is 122 Å². The second kappa shape index (κ2) is 7.22. The minimum absolute atomic E-state index is 0.0133. The summed E-state index contributed by atoms with van der Waals surface area (Å²) in [5, 5.41) is 3.58. The number of hydrogen-bond acceptors (Lipinski definition) is 2. The first-order chi connectivity index (χ1) is 9.29. The number of rotatable bonds is 6. The van der Waals surface area contributed by atoms with E-state index in [-0.39, 0.29) is 6.04 Å². The zero-order chi connectivity index (χ0) is 13.5. The Morgan fingerprint density at radius 2 is 1.79 bits per heavy atom. The predicted molar refractivity (Wildman–Crippen MR) is 80.6 cm³/mol. The smallest absolute Gasteiger partial charge is 0.207 e. The summed E-state index contributed by atoms with van der Waals surface area (Å²) in [6.45, 7) is 0. The summed E-state index contributed by atoms with van der Waals surface area (Å²) in [4.78, 5) is 11.8. The molecule has 0 saturated carbocycles. The van der Waals surface area contributed by atoms with Crippen molar-refractivity contribution in [3.05, 3.63) is 65.2 Å². The fourth-order valence-electron chi connectivity index (χ4n) is 1.72. The molecule has 4 heteroatoms. The quantitative estimate of drug-likeness (QED) is 0.645. The van der Waals surface area contributed by atoms with E-state index in [0.717, 1.165) is 27.6 Å². The van der Waals surface area contributed by atoms with Gasteiger partial charge in [-0.25, -0.2) is 0 Å². The molecule has 1 N–H and O–H groups in total. The molecule has 2 nitrogen and oxygen atoms in total. The normalized spacial score (nSPS) is 11.8. The molecule has 0 aromatic heterocycles. The summed E-state index contributed by atoms with van der Waals surface area (Å²) in [5.74, 6) is 0.782. The maximum Gasteiger partial charge on any atom is 0.207 e.